The molecule has 0 aliphatic heterocycles. The van der Waals surface area contributed by atoms with E-state index in [2.05, 4.69) is 21.4 Å². The molecule has 56 valence electrons. The monoisotopic (exact) mass is 138 g/mol. The third-order valence-electron chi connectivity index (χ3n) is 1.25. The maximum absolute atomic E-state index is 3.08. The maximum atomic E-state index is 3.08. The molecule has 0 bridgehead atoms. The van der Waals surface area contributed by atoms with Crippen molar-refractivity contribution in [3.63, 3.8) is 0 Å². The molecule has 2 nitrogen and oxygen atoms in total. The van der Waals surface area contributed by atoms with Gasteiger partial charge in [-0.1, -0.05) is 0 Å². The molecule has 0 radical (unpaired) electrons. The average Bonchev–Trinajstić information content (AvgIpc) is 1.81. The van der Waals surface area contributed by atoms with Gasteiger partial charge in [-0.2, -0.15) is 0 Å². The molecule has 0 aromatic rings. The fourth-order valence-corrected chi connectivity index (χ4v) is 0.849. The predicted octanol–water partition coefficient (Wildman–Crippen LogP) is 0.160. The molecular weight excluding hydrogens is 123 g/mol. The van der Waals surface area contributed by atoms with Gasteiger partial charge in [-0.3, -0.25) is 0 Å². The summed E-state index contributed by atoms with van der Waals surface area (Å²) in [5, 5.41) is 0. The van der Waals surface area contributed by atoms with Crippen LogP contribution in [-0.2, 0) is 0 Å². The first-order chi connectivity index (χ1) is 4.59. The summed E-state index contributed by atoms with van der Waals surface area (Å²) in [6.07, 6.45) is 0. The first-order valence-electron chi connectivity index (χ1n) is 3.34. The Kier molecular flexibility index (Phi) is 4.18. The highest BCUT2D eigenvalue weighted by atomic mass is 15.1. The Hall–Kier alpha value is -0.455. The predicted molar refractivity (Wildman–Crippen MR) is 46.6 cm³/mol. The zero-order chi connectivity index (χ0) is 8.15. The van der Waals surface area contributed by atoms with E-state index in [0.717, 1.165) is 0 Å². The van der Waals surface area contributed by atoms with Crippen LogP contribution in [0.2, 0.25) is 0 Å². The molecule has 10 heavy (non-hydrogen) atoms. The Morgan fingerprint density at radius 2 is 1.40 bits per heavy atom. The summed E-state index contributed by atoms with van der Waals surface area (Å²) in [5.41, 5.74) is 0. The van der Waals surface area contributed by atoms with Crippen LogP contribution in [0.15, 0.2) is 0 Å². The first kappa shape index (κ1) is 9.54. The molecule has 0 aromatic heterocycles. The molecule has 0 saturated heterocycles. The molecule has 3 heteroatoms. The smallest absolute Gasteiger partial charge is 0.323 e. The second-order valence-electron chi connectivity index (χ2n) is 2.70. The third-order valence-corrected chi connectivity index (χ3v) is 1.25. The molecule has 0 atom stereocenters. The summed E-state index contributed by atoms with van der Waals surface area (Å²) >= 11 is 0. The van der Waals surface area contributed by atoms with Crippen LogP contribution in [0.4, 0.5) is 0 Å². The summed E-state index contributed by atoms with van der Waals surface area (Å²) in [6.45, 7) is 2.10. The molecule has 0 N–H and O–H groups in total. The number of hydrogen-bond donors (Lipinski definition) is 0. The fraction of sp³-hybridized carbons (Fsp3) is 0.714. The Balaban J connectivity index is 4.07. The Bertz CT molecular complexity index is 135. The van der Waals surface area contributed by atoms with Gasteiger partial charge in [-0.25, -0.2) is 0 Å². The van der Waals surface area contributed by atoms with Crippen molar-refractivity contribution in [2.24, 2.45) is 0 Å². The largest absolute Gasteiger partial charge is 0.399 e. The van der Waals surface area contributed by atoms with Crippen LogP contribution in [-0.4, -0.2) is 44.8 Å². The summed E-state index contributed by atoms with van der Waals surface area (Å²) in [4.78, 5) is 4.16. The average molecular weight is 138 g/mol. The van der Waals surface area contributed by atoms with Crippen LogP contribution in [0.5, 0.6) is 0 Å². The van der Waals surface area contributed by atoms with Crippen LogP contribution in [0.25, 0.3) is 0 Å². The van der Waals surface area contributed by atoms with Gasteiger partial charge in [0, 0.05) is 0 Å². The highest BCUT2D eigenvalue weighted by molar-refractivity contribution is 6.61. The van der Waals surface area contributed by atoms with E-state index in [1.165, 1.54) is 0 Å². The fourth-order valence-electron chi connectivity index (χ4n) is 0.849. The van der Waals surface area contributed by atoms with Gasteiger partial charge in [0.1, 0.15) is 0 Å². The molecule has 0 aromatic carbocycles. The summed E-state index contributed by atoms with van der Waals surface area (Å²) in [7, 11) is 8.09. The van der Waals surface area contributed by atoms with Crippen LogP contribution in [0.1, 0.15) is 6.92 Å². The van der Waals surface area contributed by atoms with Crippen molar-refractivity contribution in [3.05, 3.63) is 0 Å². The molecule has 0 spiro atoms. The standard InChI is InChI=1S/C7H15BN2/c1-6-7-8(9(2)3)10(4)5/h1-5H3. The number of nitrogens with zero attached hydrogens (tertiary/aromatic N) is 2. The van der Waals surface area contributed by atoms with Gasteiger partial charge in [0.2, 0.25) is 0 Å². The van der Waals surface area contributed by atoms with Crippen molar-refractivity contribution in [1.82, 2.24) is 9.62 Å². The Morgan fingerprint density at radius 3 is 1.50 bits per heavy atom. The van der Waals surface area contributed by atoms with Gasteiger partial charge >= 0.3 is 6.98 Å². The second kappa shape index (κ2) is 4.37. The lowest BCUT2D eigenvalue weighted by Crippen LogP contribution is -2.44. The summed E-state index contributed by atoms with van der Waals surface area (Å²) in [6, 6.07) is 0. The lowest BCUT2D eigenvalue weighted by molar-refractivity contribution is 0.532. The van der Waals surface area contributed by atoms with Crippen molar-refractivity contribution < 1.29 is 0 Å². The van der Waals surface area contributed by atoms with Crippen molar-refractivity contribution in [2.45, 2.75) is 6.92 Å². The molecular formula is C7H15BN2. The molecule has 0 aliphatic rings. The van der Waals surface area contributed by atoms with Gasteiger partial charge in [0.25, 0.3) is 0 Å². The van der Waals surface area contributed by atoms with Crippen LogP contribution >= 0.6 is 0 Å². The van der Waals surface area contributed by atoms with Gasteiger partial charge in [0.05, 0.1) is 0 Å². The lowest BCUT2D eigenvalue weighted by atomic mass is 9.74. The zero-order valence-electron chi connectivity index (χ0n) is 7.47. The van der Waals surface area contributed by atoms with Gasteiger partial charge in [0.15, 0.2) is 0 Å². The van der Waals surface area contributed by atoms with E-state index in [9.17, 15) is 0 Å². The SMILES string of the molecule is CC#CB(N(C)C)N(C)C. The van der Waals surface area contributed by atoms with E-state index < -0.39 is 0 Å². The Labute approximate surface area is 64.3 Å². The van der Waals surface area contributed by atoms with Crippen molar-refractivity contribution in [3.8, 4) is 11.7 Å². The van der Waals surface area contributed by atoms with Gasteiger partial charge in [-0.05, 0) is 35.1 Å². The van der Waals surface area contributed by atoms with Crippen molar-refractivity contribution in [2.75, 3.05) is 28.2 Å². The topological polar surface area (TPSA) is 6.48 Å². The van der Waals surface area contributed by atoms with E-state index >= 15 is 0 Å². The van der Waals surface area contributed by atoms with Crippen LogP contribution < -0.4 is 0 Å². The minimum Gasteiger partial charge on any atom is -0.323 e. The molecule has 0 fully saturated rings. The quantitative estimate of drug-likeness (QED) is 0.396. The van der Waals surface area contributed by atoms with E-state index in [0.29, 0.717) is 0 Å². The van der Waals surface area contributed by atoms with Crippen molar-refractivity contribution >= 4 is 6.98 Å². The summed E-state index contributed by atoms with van der Waals surface area (Å²) < 4.78 is 0. The molecule has 0 rings (SSSR count). The molecule has 0 aliphatic carbocycles. The molecule has 0 unspecified atom stereocenters. The van der Waals surface area contributed by atoms with E-state index in [1.807, 2.05) is 35.1 Å². The van der Waals surface area contributed by atoms with E-state index in [1.54, 1.807) is 0 Å². The first-order valence-corrected chi connectivity index (χ1v) is 3.34. The normalized spacial score (nSPS) is 9.50. The Morgan fingerprint density at radius 1 is 1.00 bits per heavy atom. The summed E-state index contributed by atoms with van der Waals surface area (Å²) in [5.74, 6) is 5.98. The third kappa shape index (κ3) is 2.91. The minimum absolute atomic E-state index is 0.241. The zero-order valence-corrected chi connectivity index (χ0v) is 7.47. The minimum atomic E-state index is 0.241. The van der Waals surface area contributed by atoms with Gasteiger partial charge < -0.3 is 9.62 Å². The van der Waals surface area contributed by atoms with Crippen LogP contribution in [0.3, 0.4) is 0 Å². The van der Waals surface area contributed by atoms with E-state index in [-0.39, 0.29) is 6.98 Å². The van der Waals surface area contributed by atoms with Crippen LogP contribution in [0, 0.1) is 11.7 Å². The van der Waals surface area contributed by atoms with Gasteiger partial charge in [-0.15, -0.1) is 11.7 Å². The number of hydrogen-bond acceptors (Lipinski definition) is 2. The number of rotatable bonds is 2. The van der Waals surface area contributed by atoms with Crippen molar-refractivity contribution in [1.29, 1.82) is 0 Å². The molecule has 0 saturated carbocycles. The lowest BCUT2D eigenvalue weighted by Gasteiger charge is -2.20. The second-order valence-corrected chi connectivity index (χ2v) is 2.70. The molecule has 0 heterocycles. The van der Waals surface area contributed by atoms with E-state index in [4.69, 9.17) is 0 Å². The molecule has 0 amide bonds. The maximum Gasteiger partial charge on any atom is 0.399 e. The highest BCUT2D eigenvalue weighted by Crippen LogP contribution is 1.88. The highest BCUT2D eigenvalue weighted by Gasteiger charge is 2.16.